The van der Waals surface area contributed by atoms with Gasteiger partial charge < -0.3 is 15.4 Å². The van der Waals surface area contributed by atoms with E-state index >= 15 is 0 Å². The van der Waals surface area contributed by atoms with Gasteiger partial charge in [-0.3, -0.25) is 4.79 Å². The number of hydrogen-bond acceptors (Lipinski definition) is 5. The summed E-state index contributed by atoms with van der Waals surface area (Å²) >= 11 is 1.54. The molecule has 1 aromatic heterocycles. The van der Waals surface area contributed by atoms with Gasteiger partial charge in [-0.05, 0) is 30.7 Å². The number of thiazole rings is 1. The molecule has 0 radical (unpaired) electrons. The monoisotopic (exact) mass is 423 g/mol. The van der Waals surface area contributed by atoms with Crippen molar-refractivity contribution in [2.24, 2.45) is 0 Å². The molecule has 1 amide bonds. The first-order chi connectivity index (χ1) is 14.7. The van der Waals surface area contributed by atoms with Crippen LogP contribution in [0.4, 0.5) is 16.5 Å². The van der Waals surface area contributed by atoms with E-state index < -0.39 is 0 Å². The normalized spacial score (nSPS) is 10.6. The van der Waals surface area contributed by atoms with Gasteiger partial charge in [-0.1, -0.05) is 50.8 Å². The molecule has 1 heterocycles. The van der Waals surface area contributed by atoms with Gasteiger partial charge in [0.05, 0.1) is 12.8 Å². The quantitative estimate of drug-likeness (QED) is 0.331. The summed E-state index contributed by atoms with van der Waals surface area (Å²) in [5.74, 6) is 0.868. The van der Waals surface area contributed by atoms with Gasteiger partial charge in [0.2, 0.25) is 5.91 Å². The molecule has 0 aliphatic carbocycles. The minimum absolute atomic E-state index is 0.0716. The van der Waals surface area contributed by atoms with Gasteiger partial charge in [-0.2, -0.15) is 0 Å². The number of nitrogens with one attached hydrogen (secondary N) is 2. The predicted molar refractivity (Wildman–Crippen MR) is 126 cm³/mol. The minimum Gasteiger partial charge on any atom is -0.497 e. The summed E-state index contributed by atoms with van der Waals surface area (Å²) in [6, 6.07) is 15.6. The number of benzene rings is 2. The Hall–Kier alpha value is -2.86. The lowest BCUT2D eigenvalue weighted by Crippen LogP contribution is -2.11. The van der Waals surface area contributed by atoms with Crippen LogP contribution in [-0.4, -0.2) is 18.0 Å². The van der Waals surface area contributed by atoms with Crippen molar-refractivity contribution in [1.29, 1.82) is 0 Å². The summed E-state index contributed by atoms with van der Waals surface area (Å²) in [6.07, 6.45) is 6.28. The van der Waals surface area contributed by atoms with Crippen LogP contribution in [0, 0.1) is 0 Å². The Morgan fingerprint density at radius 3 is 2.67 bits per heavy atom. The third kappa shape index (κ3) is 6.59. The van der Waals surface area contributed by atoms with Gasteiger partial charge in [0, 0.05) is 34.8 Å². The Balaban J connectivity index is 1.58. The molecule has 2 aromatic carbocycles. The number of aromatic nitrogens is 1. The van der Waals surface area contributed by atoms with Gasteiger partial charge in [0.25, 0.3) is 0 Å². The van der Waals surface area contributed by atoms with Gasteiger partial charge >= 0.3 is 0 Å². The molecule has 0 aliphatic heterocycles. The first-order valence-electron chi connectivity index (χ1n) is 10.4. The molecule has 0 saturated heterocycles. The van der Waals surface area contributed by atoms with E-state index in [1.54, 1.807) is 7.11 Å². The lowest BCUT2D eigenvalue weighted by atomic mass is 10.1. The largest absolute Gasteiger partial charge is 0.497 e. The highest BCUT2D eigenvalue weighted by molar-refractivity contribution is 7.14. The molecular weight excluding hydrogens is 394 g/mol. The first kappa shape index (κ1) is 21.8. The molecule has 0 fully saturated rings. The molecular formula is C24H29N3O2S. The fraction of sp³-hybridized carbons (Fsp3) is 0.333. The van der Waals surface area contributed by atoms with Crippen LogP contribution in [0.3, 0.4) is 0 Å². The molecule has 3 aromatic rings. The molecule has 6 heteroatoms. The van der Waals surface area contributed by atoms with Gasteiger partial charge in [-0.25, -0.2) is 4.98 Å². The number of amides is 1. The maximum Gasteiger partial charge on any atom is 0.224 e. The number of ether oxygens (including phenoxy) is 1. The van der Waals surface area contributed by atoms with Crippen LogP contribution in [-0.2, 0) is 4.79 Å². The number of methoxy groups -OCH3 is 1. The van der Waals surface area contributed by atoms with Crippen molar-refractivity contribution >= 4 is 33.8 Å². The molecule has 0 spiro atoms. The van der Waals surface area contributed by atoms with Crippen molar-refractivity contribution in [3.63, 3.8) is 0 Å². The van der Waals surface area contributed by atoms with Crippen LogP contribution < -0.4 is 15.4 Å². The summed E-state index contributed by atoms with van der Waals surface area (Å²) in [6.45, 7) is 2.19. The Morgan fingerprint density at radius 2 is 1.83 bits per heavy atom. The smallest absolute Gasteiger partial charge is 0.224 e. The Bertz CT molecular complexity index is 955. The van der Waals surface area contributed by atoms with Crippen LogP contribution in [0.2, 0.25) is 0 Å². The molecule has 0 unspecified atom stereocenters. The molecule has 0 aliphatic rings. The first-order valence-corrected chi connectivity index (χ1v) is 11.3. The second-order valence-corrected chi connectivity index (χ2v) is 8.05. The van der Waals surface area contributed by atoms with E-state index in [0.29, 0.717) is 6.42 Å². The molecule has 3 rings (SSSR count). The second kappa shape index (κ2) is 11.4. The van der Waals surface area contributed by atoms with E-state index in [9.17, 15) is 4.79 Å². The van der Waals surface area contributed by atoms with Crippen molar-refractivity contribution in [3.8, 4) is 17.0 Å². The maximum atomic E-state index is 12.2. The summed E-state index contributed by atoms with van der Waals surface area (Å²) in [5, 5.41) is 9.14. The Kier molecular flexibility index (Phi) is 8.27. The van der Waals surface area contributed by atoms with Gasteiger partial charge in [0.15, 0.2) is 5.13 Å². The van der Waals surface area contributed by atoms with Crippen LogP contribution in [0.15, 0.2) is 53.9 Å². The van der Waals surface area contributed by atoms with Crippen LogP contribution in [0.25, 0.3) is 11.3 Å². The summed E-state index contributed by atoms with van der Waals surface area (Å²) in [7, 11) is 1.65. The van der Waals surface area contributed by atoms with E-state index in [0.717, 1.165) is 46.4 Å². The number of nitrogens with zero attached hydrogens (tertiary/aromatic N) is 1. The van der Waals surface area contributed by atoms with Crippen LogP contribution in [0.1, 0.15) is 45.4 Å². The van der Waals surface area contributed by atoms with E-state index in [2.05, 4.69) is 22.5 Å². The van der Waals surface area contributed by atoms with E-state index in [1.165, 1.54) is 30.6 Å². The fourth-order valence-corrected chi connectivity index (χ4v) is 3.90. The molecule has 2 N–H and O–H groups in total. The van der Waals surface area contributed by atoms with Crippen LogP contribution >= 0.6 is 11.3 Å². The van der Waals surface area contributed by atoms with E-state index in [1.807, 2.05) is 53.9 Å². The number of carbonyl (C=O) groups excluding carboxylic acids is 1. The molecule has 158 valence electrons. The highest BCUT2D eigenvalue weighted by Crippen LogP contribution is 2.29. The fourth-order valence-electron chi connectivity index (χ4n) is 3.16. The van der Waals surface area contributed by atoms with Gasteiger partial charge in [-0.15, -0.1) is 11.3 Å². The third-order valence-electron chi connectivity index (χ3n) is 4.77. The number of anilines is 3. The second-order valence-electron chi connectivity index (χ2n) is 7.19. The lowest BCUT2D eigenvalue weighted by molar-refractivity contribution is -0.116. The van der Waals surface area contributed by atoms with Crippen molar-refractivity contribution in [2.75, 3.05) is 17.7 Å². The zero-order chi connectivity index (χ0) is 21.2. The number of carbonyl (C=O) groups is 1. The standard InChI is InChI=1S/C24H29N3O2S/c1-3-4-5-6-7-14-23(28)25-19-11-8-10-18(15-19)22-17-30-24(27-22)26-20-12-9-13-21(16-20)29-2/h8-13,15-17H,3-7,14H2,1-2H3,(H,25,28)(H,26,27). The highest BCUT2D eigenvalue weighted by atomic mass is 32.1. The lowest BCUT2D eigenvalue weighted by Gasteiger charge is -2.07. The zero-order valence-corrected chi connectivity index (χ0v) is 18.4. The number of rotatable bonds is 11. The van der Waals surface area contributed by atoms with Crippen molar-refractivity contribution < 1.29 is 9.53 Å². The summed E-state index contributed by atoms with van der Waals surface area (Å²) < 4.78 is 5.26. The predicted octanol–water partition coefficient (Wildman–Crippen LogP) is 6.86. The van der Waals surface area contributed by atoms with Crippen molar-refractivity contribution in [2.45, 2.75) is 45.4 Å². The van der Waals surface area contributed by atoms with Gasteiger partial charge in [0.1, 0.15) is 5.75 Å². The maximum absolute atomic E-state index is 12.2. The number of hydrogen-bond donors (Lipinski definition) is 2. The average Bonchev–Trinajstić information content (AvgIpc) is 3.22. The molecule has 5 nitrogen and oxygen atoms in total. The highest BCUT2D eigenvalue weighted by Gasteiger charge is 2.08. The topological polar surface area (TPSA) is 63.2 Å². The van der Waals surface area contributed by atoms with E-state index in [-0.39, 0.29) is 5.91 Å². The third-order valence-corrected chi connectivity index (χ3v) is 5.53. The summed E-state index contributed by atoms with van der Waals surface area (Å²) in [5.41, 5.74) is 3.59. The number of unbranched alkanes of at least 4 members (excludes halogenated alkanes) is 4. The van der Waals surface area contributed by atoms with Crippen LogP contribution in [0.5, 0.6) is 5.75 Å². The Morgan fingerprint density at radius 1 is 1.03 bits per heavy atom. The Labute approximate surface area is 182 Å². The average molecular weight is 424 g/mol. The summed E-state index contributed by atoms with van der Waals surface area (Å²) in [4.78, 5) is 16.9. The SMILES string of the molecule is CCCCCCCC(=O)Nc1cccc(-c2csc(Nc3cccc(OC)c3)n2)c1. The minimum atomic E-state index is 0.0716. The van der Waals surface area contributed by atoms with E-state index in [4.69, 9.17) is 4.74 Å². The van der Waals surface area contributed by atoms with Crippen molar-refractivity contribution in [3.05, 3.63) is 53.9 Å². The molecule has 0 atom stereocenters. The van der Waals surface area contributed by atoms with Crippen molar-refractivity contribution in [1.82, 2.24) is 4.98 Å². The molecule has 0 saturated carbocycles. The molecule has 0 bridgehead atoms. The zero-order valence-electron chi connectivity index (χ0n) is 17.6. The molecule has 30 heavy (non-hydrogen) atoms.